The summed E-state index contributed by atoms with van der Waals surface area (Å²) in [5.74, 6) is 1.93. The smallest absolute Gasteiger partial charge is 0.310 e. The average Bonchev–Trinajstić information content (AvgIpc) is 3.43. The molecule has 6 aliphatic carbocycles. The minimum atomic E-state index is -0.586. The normalized spacial score (nSPS) is 55.6. The topological polar surface area (TPSA) is 57.5 Å². The summed E-state index contributed by atoms with van der Waals surface area (Å²) in [5, 5.41) is 21.2. The molecular formula is C30H46O3. The molecule has 0 amide bonds. The Morgan fingerprint density at radius 2 is 1.67 bits per heavy atom. The zero-order valence-corrected chi connectivity index (χ0v) is 21.8. The highest BCUT2D eigenvalue weighted by Crippen LogP contribution is 2.82. The lowest BCUT2D eigenvalue weighted by atomic mass is 9.37. The van der Waals surface area contributed by atoms with Crippen molar-refractivity contribution in [2.24, 2.45) is 62.6 Å². The summed E-state index contributed by atoms with van der Waals surface area (Å²) < 4.78 is 0. The molecule has 10 unspecified atom stereocenters. The Morgan fingerprint density at radius 1 is 0.939 bits per heavy atom. The maximum absolute atomic E-state index is 12.6. The molecule has 184 valence electrons. The molecule has 0 heterocycles. The van der Waals surface area contributed by atoms with E-state index in [0.717, 1.165) is 25.2 Å². The Morgan fingerprint density at radius 3 is 2.36 bits per heavy atom. The van der Waals surface area contributed by atoms with Crippen molar-refractivity contribution >= 4 is 5.97 Å². The van der Waals surface area contributed by atoms with E-state index in [2.05, 4.69) is 47.6 Å². The van der Waals surface area contributed by atoms with Crippen molar-refractivity contribution in [3.05, 3.63) is 11.6 Å². The van der Waals surface area contributed by atoms with Crippen LogP contribution < -0.4 is 0 Å². The number of allylic oxidation sites excluding steroid dienone is 1. The van der Waals surface area contributed by atoms with Gasteiger partial charge in [0.15, 0.2) is 0 Å². The number of aliphatic hydroxyl groups excluding tert-OH is 1. The maximum Gasteiger partial charge on any atom is 0.310 e. The van der Waals surface area contributed by atoms with Crippen LogP contribution in [0.5, 0.6) is 0 Å². The molecule has 0 aromatic heterocycles. The van der Waals surface area contributed by atoms with Crippen molar-refractivity contribution in [3.63, 3.8) is 0 Å². The number of fused-ring (bicyclic) bond motifs is 5. The van der Waals surface area contributed by atoms with E-state index in [1.54, 1.807) is 5.57 Å². The Labute approximate surface area is 200 Å². The van der Waals surface area contributed by atoms with E-state index in [-0.39, 0.29) is 28.3 Å². The summed E-state index contributed by atoms with van der Waals surface area (Å²) in [6.45, 7) is 14.5. The summed E-state index contributed by atoms with van der Waals surface area (Å²) in [4.78, 5) is 12.6. The molecule has 1 spiro atoms. The highest BCUT2D eigenvalue weighted by atomic mass is 16.4. The molecule has 3 heteroatoms. The molecule has 0 aromatic rings. The average molecular weight is 455 g/mol. The Balaban J connectivity index is 1.46. The minimum Gasteiger partial charge on any atom is -0.481 e. The first-order valence-corrected chi connectivity index (χ1v) is 13.9. The first kappa shape index (κ1) is 22.6. The highest BCUT2D eigenvalue weighted by Gasteiger charge is 2.75. The van der Waals surface area contributed by atoms with Crippen molar-refractivity contribution in [1.82, 2.24) is 0 Å². The zero-order chi connectivity index (χ0) is 23.8. The second-order valence-electron chi connectivity index (χ2n) is 15.2. The Hall–Kier alpha value is -0.830. The fraction of sp³-hybridized carbons (Fsp3) is 0.900. The van der Waals surface area contributed by atoms with Gasteiger partial charge in [0.2, 0.25) is 0 Å². The molecular weight excluding hydrogens is 408 g/mol. The largest absolute Gasteiger partial charge is 0.481 e. The summed E-state index contributed by atoms with van der Waals surface area (Å²) >= 11 is 0. The molecule has 0 radical (unpaired) electrons. The lowest BCUT2D eigenvalue weighted by Crippen LogP contribution is -2.61. The van der Waals surface area contributed by atoms with Crippen molar-refractivity contribution in [2.75, 3.05) is 0 Å². The van der Waals surface area contributed by atoms with Crippen molar-refractivity contribution in [3.8, 4) is 0 Å². The number of carboxylic acids is 1. The van der Waals surface area contributed by atoms with E-state index in [1.807, 2.05) is 0 Å². The molecule has 5 saturated carbocycles. The van der Waals surface area contributed by atoms with Gasteiger partial charge >= 0.3 is 5.97 Å². The molecule has 2 N–H and O–H groups in total. The molecule has 0 aliphatic heterocycles. The number of hydrogen-bond acceptors (Lipinski definition) is 2. The molecule has 6 rings (SSSR count). The Kier molecular flexibility index (Phi) is 4.44. The summed E-state index contributed by atoms with van der Waals surface area (Å²) in [7, 11) is 0. The van der Waals surface area contributed by atoms with Gasteiger partial charge in [-0.1, -0.05) is 53.2 Å². The van der Waals surface area contributed by atoms with Crippen molar-refractivity contribution in [1.29, 1.82) is 0 Å². The second-order valence-corrected chi connectivity index (χ2v) is 15.2. The van der Waals surface area contributed by atoms with Gasteiger partial charge < -0.3 is 10.2 Å². The monoisotopic (exact) mass is 454 g/mol. The van der Waals surface area contributed by atoms with Gasteiger partial charge in [-0.05, 0) is 114 Å². The summed E-state index contributed by atoms with van der Waals surface area (Å²) in [5.41, 5.74) is 2.55. The summed E-state index contributed by atoms with van der Waals surface area (Å²) in [6, 6.07) is 0. The number of aliphatic carboxylic acids is 1. The van der Waals surface area contributed by atoms with Crippen LogP contribution in [0.25, 0.3) is 0 Å². The van der Waals surface area contributed by atoms with Gasteiger partial charge in [0.05, 0.1) is 12.0 Å². The molecule has 33 heavy (non-hydrogen) atoms. The van der Waals surface area contributed by atoms with Crippen LogP contribution in [-0.2, 0) is 4.79 Å². The van der Waals surface area contributed by atoms with E-state index in [4.69, 9.17) is 0 Å². The van der Waals surface area contributed by atoms with Crippen LogP contribution in [0.3, 0.4) is 0 Å². The third-order valence-electron chi connectivity index (χ3n) is 13.0. The minimum absolute atomic E-state index is 0.0323. The maximum atomic E-state index is 12.6. The fourth-order valence-corrected chi connectivity index (χ4v) is 11.3. The number of hydrogen-bond donors (Lipinski definition) is 2. The van der Waals surface area contributed by atoms with Crippen LogP contribution in [0.15, 0.2) is 11.6 Å². The third-order valence-corrected chi connectivity index (χ3v) is 13.0. The lowest BCUT2D eigenvalue weighted by Gasteiger charge is -2.67. The predicted molar refractivity (Wildman–Crippen MR) is 130 cm³/mol. The fourth-order valence-electron chi connectivity index (χ4n) is 11.3. The van der Waals surface area contributed by atoms with Crippen LogP contribution in [0.2, 0.25) is 0 Å². The molecule has 10 atom stereocenters. The van der Waals surface area contributed by atoms with E-state index < -0.39 is 5.97 Å². The van der Waals surface area contributed by atoms with Crippen LogP contribution in [0.4, 0.5) is 0 Å². The number of carbonyl (C=O) groups is 1. The quantitative estimate of drug-likeness (QED) is 0.433. The summed E-state index contributed by atoms with van der Waals surface area (Å²) in [6.07, 6.45) is 12.6. The first-order valence-electron chi connectivity index (χ1n) is 13.9. The number of aliphatic hydroxyl groups is 1. The van der Waals surface area contributed by atoms with Crippen molar-refractivity contribution in [2.45, 2.75) is 105 Å². The van der Waals surface area contributed by atoms with Crippen LogP contribution in [0, 0.1) is 62.6 Å². The second kappa shape index (κ2) is 6.48. The molecule has 5 fully saturated rings. The third kappa shape index (κ3) is 2.70. The van der Waals surface area contributed by atoms with Gasteiger partial charge in [0.25, 0.3) is 0 Å². The first-order chi connectivity index (χ1) is 15.3. The lowest BCUT2D eigenvalue weighted by molar-refractivity contribution is -0.176. The predicted octanol–water partition coefficient (Wildman–Crippen LogP) is 6.70. The Bertz CT molecular complexity index is 916. The molecule has 0 saturated heterocycles. The van der Waals surface area contributed by atoms with Crippen molar-refractivity contribution < 1.29 is 15.0 Å². The van der Waals surface area contributed by atoms with Gasteiger partial charge in [-0.25, -0.2) is 0 Å². The number of carboxylic acid groups (broad SMARTS) is 1. The SMILES string of the molecule is CC1(C)CCC2C(C(=O)O)C=C3C4(C)CCC5C(C)(C)C(O)CCC5(C)C4CC4CC34C2C1. The van der Waals surface area contributed by atoms with Crippen LogP contribution in [-0.4, -0.2) is 22.3 Å². The molecule has 3 nitrogen and oxygen atoms in total. The van der Waals surface area contributed by atoms with E-state index >= 15 is 0 Å². The van der Waals surface area contributed by atoms with Crippen LogP contribution in [0.1, 0.15) is 99.3 Å². The highest BCUT2D eigenvalue weighted by molar-refractivity contribution is 5.74. The van der Waals surface area contributed by atoms with Gasteiger partial charge in [-0.15, -0.1) is 0 Å². The molecule has 0 aromatic carbocycles. The van der Waals surface area contributed by atoms with Gasteiger partial charge in [-0.2, -0.15) is 0 Å². The van der Waals surface area contributed by atoms with E-state index in [0.29, 0.717) is 34.5 Å². The van der Waals surface area contributed by atoms with Crippen LogP contribution >= 0.6 is 0 Å². The van der Waals surface area contributed by atoms with E-state index in [1.165, 1.54) is 38.5 Å². The van der Waals surface area contributed by atoms with E-state index in [9.17, 15) is 15.0 Å². The van der Waals surface area contributed by atoms with Gasteiger partial charge in [-0.3, -0.25) is 4.79 Å². The number of rotatable bonds is 1. The molecule has 0 bridgehead atoms. The van der Waals surface area contributed by atoms with Gasteiger partial charge in [0.1, 0.15) is 0 Å². The zero-order valence-electron chi connectivity index (χ0n) is 21.8. The standard InChI is InChI=1S/C30H46O3/c1-26(2)10-7-18-19(25(32)33)14-23-29(6)11-8-21-27(3,4)24(31)9-12-28(21,5)22(29)13-17-15-30(17,23)20(18)16-26/h14,17-22,24,31H,7-13,15-16H2,1-6H3,(H,32,33). The molecule has 6 aliphatic rings. The van der Waals surface area contributed by atoms with Gasteiger partial charge in [0, 0.05) is 0 Å².